The number of phenolic OH excluding ortho intramolecular Hbond substituents is 1. The summed E-state index contributed by atoms with van der Waals surface area (Å²) in [5.74, 6) is -1.68. The van der Waals surface area contributed by atoms with E-state index in [1.807, 2.05) is 121 Å². The van der Waals surface area contributed by atoms with Gasteiger partial charge in [0.05, 0.1) is 65.8 Å². The molecule has 1 amide bonds. The summed E-state index contributed by atoms with van der Waals surface area (Å²) in [5, 5.41) is 24.0. The maximum atomic E-state index is 16.0. The van der Waals surface area contributed by atoms with Crippen LogP contribution in [-0.4, -0.2) is 93.4 Å². The molecular weight excluding hydrogens is 961 g/mol. The Hall–Kier alpha value is -7.12. The molecule has 4 aliphatic rings. The molecule has 3 N–H and O–H groups in total. The van der Waals surface area contributed by atoms with Gasteiger partial charge in [0.2, 0.25) is 12.5 Å². The van der Waals surface area contributed by atoms with E-state index in [-0.39, 0.29) is 57.1 Å². The van der Waals surface area contributed by atoms with E-state index in [2.05, 4.69) is 5.32 Å². The van der Waals surface area contributed by atoms with Gasteiger partial charge < -0.3 is 62.9 Å². The van der Waals surface area contributed by atoms with Crippen LogP contribution in [0.15, 0.2) is 146 Å². The van der Waals surface area contributed by atoms with Gasteiger partial charge in [0.1, 0.15) is 18.3 Å². The minimum absolute atomic E-state index is 0.0306. The SMILES string of the molecule is COc1cc([C@@H]2c3cc4c(cc3[C@@H](NC(=O)CF)[C@H]3COC(=O)[C@H]23)OCO4)cc(OC)c1O.O[C@@]1(F)O[C@H](COCc2ccccc2)[C@@H](OCc2ccccc2)[C@H](OCc2ccccc2)[C@H]1OCc1ccccc1. The molecule has 0 aromatic heterocycles. The fourth-order valence-electron chi connectivity index (χ4n) is 9.86. The van der Waals surface area contributed by atoms with Gasteiger partial charge in [-0.1, -0.05) is 121 Å². The van der Waals surface area contributed by atoms with Crippen molar-refractivity contribution in [3.63, 3.8) is 0 Å². The molecule has 6 aromatic carbocycles. The van der Waals surface area contributed by atoms with Crippen LogP contribution in [0.5, 0.6) is 28.7 Å². The number of cyclic esters (lactones) is 1. The fourth-order valence-corrected chi connectivity index (χ4v) is 9.86. The Kier molecular flexibility index (Phi) is 16.7. The number of nitrogens with one attached hydrogen (secondary N) is 1. The third-order valence-electron chi connectivity index (χ3n) is 13.4. The number of carbonyl (C=O) groups excluding carboxylic acids is 2. The summed E-state index contributed by atoms with van der Waals surface area (Å²) < 4.78 is 86.4. The Bertz CT molecular complexity index is 2780. The molecule has 3 heterocycles. The van der Waals surface area contributed by atoms with E-state index >= 15 is 4.39 Å². The van der Waals surface area contributed by atoms with Crippen LogP contribution in [0.25, 0.3) is 0 Å². The monoisotopic (exact) mass is 1020 g/mol. The molecule has 1 aliphatic carbocycles. The summed E-state index contributed by atoms with van der Waals surface area (Å²) in [6, 6.07) is 41.2. The number of alkyl halides is 2. The van der Waals surface area contributed by atoms with Crippen molar-refractivity contribution in [1.82, 2.24) is 5.32 Å². The third-order valence-corrected chi connectivity index (χ3v) is 13.4. The molecule has 17 heteroatoms. The van der Waals surface area contributed by atoms with Crippen molar-refractivity contribution < 1.29 is 76.0 Å². The van der Waals surface area contributed by atoms with E-state index in [1.54, 1.807) is 24.3 Å². The van der Waals surface area contributed by atoms with Crippen LogP contribution in [0.3, 0.4) is 0 Å². The highest BCUT2D eigenvalue weighted by atomic mass is 19.2. The number of carbonyl (C=O) groups is 2. The van der Waals surface area contributed by atoms with Gasteiger partial charge in [-0.05, 0) is 63.2 Å². The zero-order valence-electron chi connectivity index (χ0n) is 40.7. The molecule has 2 saturated heterocycles. The first-order valence-electron chi connectivity index (χ1n) is 24.1. The molecule has 0 radical (unpaired) electrons. The minimum atomic E-state index is -3.15. The van der Waals surface area contributed by atoms with Crippen LogP contribution in [-0.2, 0) is 64.4 Å². The third kappa shape index (κ3) is 11.8. The Morgan fingerprint density at radius 3 is 1.72 bits per heavy atom. The number of phenols is 1. The molecular formula is C57H57F2NO14. The fraction of sp³-hybridized carbons (Fsp3) is 0.333. The highest BCUT2D eigenvalue weighted by molar-refractivity contribution is 5.81. The molecule has 388 valence electrons. The number of esters is 1. The molecule has 0 spiro atoms. The van der Waals surface area contributed by atoms with Gasteiger partial charge in [0, 0.05) is 11.8 Å². The van der Waals surface area contributed by atoms with Crippen LogP contribution in [0.2, 0.25) is 0 Å². The van der Waals surface area contributed by atoms with Crippen molar-refractivity contribution in [3.05, 3.63) is 185 Å². The van der Waals surface area contributed by atoms with Gasteiger partial charge >= 0.3 is 12.0 Å². The number of rotatable bonds is 18. The summed E-state index contributed by atoms with van der Waals surface area (Å²) in [7, 11) is 2.83. The highest BCUT2D eigenvalue weighted by Gasteiger charge is 2.58. The molecule has 9 atom stereocenters. The molecule has 0 unspecified atom stereocenters. The Morgan fingerprint density at radius 1 is 0.689 bits per heavy atom. The predicted molar refractivity (Wildman–Crippen MR) is 263 cm³/mol. The summed E-state index contributed by atoms with van der Waals surface area (Å²) in [6.07, 6.45) is -4.30. The number of ether oxygens (including phenoxy) is 10. The second-order valence-electron chi connectivity index (χ2n) is 18.1. The van der Waals surface area contributed by atoms with Crippen molar-refractivity contribution in [2.24, 2.45) is 11.8 Å². The summed E-state index contributed by atoms with van der Waals surface area (Å²) in [4.78, 5) is 25.0. The van der Waals surface area contributed by atoms with E-state index in [9.17, 15) is 24.2 Å². The van der Waals surface area contributed by atoms with Crippen LogP contribution in [0.4, 0.5) is 8.78 Å². The topological polar surface area (TPSA) is 179 Å². The van der Waals surface area contributed by atoms with Gasteiger partial charge in [0.15, 0.2) is 35.8 Å². The van der Waals surface area contributed by atoms with Crippen molar-refractivity contribution in [1.29, 1.82) is 0 Å². The molecule has 10 rings (SSSR count). The van der Waals surface area contributed by atoms with Gasteiger partial charge in [-0.3, -0.25) is 9.59 Å². The minimum Gasteiger partial charge on any atom is -0.502 e. The quantitative estimate of drug-likeness (QED) is 0.0702. The van der Waals surface area contributed by atoms with Crippen molar-refractivity contribution in [3.8, 4) is 28.7 Å². The van der Waals surface area contributed by atoms with Crippen molar-refractivity contribution in [2.45, 2.75) is 68.8 Å². The number of halogens is 2. The standard InChI is InChI=1S/C34H35FO6.C23H22FNO8/c35-34(36)33(40-24-29-19-11-4-12-20-29)32(39-23-28-17-9-3-10-18-28)31(38-22-27-15-7-2-8-16-27)30(41-34)25-37-21-26-13-5-1-6-14-26;1-29-16-3-10(4-17(30-2)22(16)27)19-11-5-14-15(33-9-32-14)6-12(11)21(25-18(26)7-24)13-8-31-23(28)20(13)19/h1-20,30-33,36H,21-25H2;3-6,13,19-21,27H,7-9H2,1-2H3,(H,25,26)/t30-,31-,32+,33-,34-;13-,19+,20-,21+/m10/s1. The molecule has 2 fully saturated rings. The zero-order valence-corrected chi connectivity index (χ0v) is 40.7. The molecule has 0 saturated carbocycles. The van der Waals surface area contributed by atoms with Crippen LogP contribution >= 0.6 is 0 Å². The second-order valence-corrected chi connectivity index (χ2v) is 18.1. The number of hydrogen-bond donors (Lipinski definition) is 3. The molecule has 0 bridgehead atoms. The van der Waals surface area contributed by atoms with E-state index < -0.39 is 72.8 Å². The number of fused-ring (bicyclic) bond motifs is 3. The number of amides is 1. The second kappa shape index (κ2) is 23.8. The highest BCUT2D eigenvalue weighted by Crippen LogP contribution is 2.55. The number of aliphatic hydroxyl groups is 1. The summed E-state index contributed by atoms with van der Waals surface area (Å²) >= 11 is 0. The smallest absolute Gasteiger partial charge is 0.348 e. The first-order chi connectivity index (χ1) is 36.0. The number of aromatic hydroxyl groups is 1. The molecule has 3 aliphatic heterocycles. The first-order valence-corrected chi connectivity index (χ1v) is 24.1. The molecule has 15 nitrogen and oxygen atoms in total. The van der Waals surface area contributed by atoms with Crippen molar-refractivity contribution in [2.75, 3.05) is 40.9 Å². The molecule has 74 heavy (non-hydrogen) atoms. The lowest BCUT2D eigenvalue weighted by Crippen LogP contribution is -2.65. The van der Waals surface area contributed by atoms with Crippen LogP contribution in [0, 0.1) is 11.8 Å². The van der Waals surface area contributed by atoms with Gasteiger partial charge in [-0.25, -0.2) is 4.39 Å². The lowest BCUT2D eigenvalue weighted by Gasteiger charge is -2.46. The lowest BCUT2D eigenvalue weighted by atomic mass is 9.65. The van der Waals surface area contributed by atoms with Crippen molar-refractivity contribution >= 4 is 11.9 Å². The maximum absolute atomic E-state index is 16.0. The van der Waals surface area contributed by atoms with E-state index in [4.69, 9.17) is 47.4 Å². The average Bonchev–Trinajstić information content (AvgIpc) is 4.06. The Morgan fingerprint density at radius 2 is 1.19 bits per heavy atom. The normalized spacial score (nSPS) is 24.4. The van der Waals surface area contributed by atoms with Gasteiger partial charge in [-0.15, -0.1) is 0 Å². The van der Waals surface area contributed by atoms with Crippen LogP contribution in [0.1, 0.15) is 50.9 Å². The summed E-state index contributed by atoms with van der Waals surface area (Å²) in [5.41, 5.74) is 5.62. The van der Waals surface area contributed by atoms with E-state index in [1.165, 1.54) is 14.2 Å². The van der Waals surface area contributed by atoms with Gasteiger partial charge in [-0.2, -0.15) is 4.39 Å². The number of methoxy groups -OCH3 is 2. The van der Waals surface area contributed by atoms with E-state index in [0.29, 0.717) is 34.8 Å². The first kappa shape index (κ1) is 51.8. The lowest BCUT2D eigenvalue weighted by molar-refractivity contribution is -0.418. The number of hydrogen-bond acceptors (Lipinski definition) is 14. The van der Waals surface area contributed by atoms with Gasteiger partial charge in [0.25, 0.3) is 5.91 Å². The largest absolute Gasteiger partial charge is 0.502 e. The predicted octanol–water partition coefficient (Wildman–Crippen LogP) is 8.17. The zero-order chi connectivity index (χ0) is 51.6. The maximum Gasteiger partial charge on any atom is 0.348 e. The Labute approximate surface area is 426 Å². The number of benzene rings is 6. The Balaban J connectivity index is 0.000000186. The summed E-state index contributed by atoms with van der Waals surface area (Å²) in [6.45, 7) is -0.374. The molecule has 6 aromatic rings. The average molecular weight is 1020 g/mol. The van der Waals surface area contributed by atoms with E-state index in [0.717, 1.165) is 22.3 Å². The van der Waals surface area contributed by atoms with Crippen LogP contribution < -0.4 is 24.3 Å².